The third-order valence-corrected chi connectivity index (χ3v) is 7.95. The van der Waals surface area contributed by atoms with Crippen molar-refractivity contribution in [2.24, 2.45) is 11.8 Å². The van der Waals surface area contributed by atoms with Crippen LogP contribution in [0.4, 0.5) is 0 Å². The summed E-state index contributed by atoms with van der Waals surface area (Å²) in [5, 5.41) is 24.4. The third kappa shape index (κ3) is 61.7. The first-order valence-electron chi connectivity index (χ1n) is 18.6. The molecule has 7 nitrogen and oxygen atoms in total. The summed E-state index contributed by atoms with van der Waals surface area (Å²) < 4.78 is 0. The van der Waals surface area contributed by atoms with Gasteiger partial charge in [-0.2, -0.15) is 0 Å². The molecule has 0 bridgehead atoms. The van der Waals surface area contributed by atoms with E-state index in [0.717, 1.165) is 37.5 Å². The zero-order valence-corrected chi connectivity index (χ0v) is 32.1. The number of aliphatic carboxylic acids is 3. The Hall–Kier alpha value is -1.21. The topological polar surface area (TPSA) is 129 Å². The van der Waals surface area contributed by atoms with E-state index in [1.165, 1.54) is 141 Å². The molecular weight excluding hydrogens is 616 g/mol. The van der Waals surface area contributed by atoms with Crippen LogP contribution in [0.25, 0.3) is 0 Å². The van der Waals surface area contributed by atoms with Crippen LogP contribution in [0.2, 0.25) is 0 Å². The first kappa shape index (κ1) is 51.6. The van der Waals surface area contributed by atoms with Crippen molar-refractivity contribution < 1.29 is 56.2 Å². The van der Waals surface area contributed by atoms with Gasteiger partial charge < -0.3 is 15.3 Å². The molecule has 0 radical (unpaired) electrons. The number of hydrogen-bond acceptors (Lipinski definition) is 4. The smallest absolute Gasteiger partial charge is 0.368 e. The largest absolute Gasteiger partial charge is 0.481 e. The van der Waals surface area contributed by atoms with Crippen molar-refractivity contribution in [3.63, 3.8) is 0 Å². The van der Waals surface area contributed by atoms with E-state index in [9.17, 15) is 9.59 Å². The number of aldehydes is 1. The minimum Gasteiger partial charge on any atom is -0.481 e. The van der Waals surface area contributed by atoms with Crippen LogP contribution < -0.4 is 0 Å². The third-order valence-electron chi connectivity index (χ3n) is 7.95. The minimum absolute atomic E-state index is 0. The minimum atomic E-state index is -1.43. The summed E-state index contributed by atoms with van der Waals surface area (Å²) in [6.45, 7) is 9.23. The first-order chi connectivity index (χ1) is 21.5. The average Bonchev–Trinajstić information content (AvgIpc) is 2.97. The molecule has 0 aromatic heterocycles. The molecule has 0 rings (SSSR count). The number of hydrogen-bond donors (Lipinski definition) is 3. The number of carbonyl (C=O) groups is 4. The number of carboxylic acid groups (broad SMARTS) is 3. The molecule has 0 aromatic carbocycles. The Morgan fingerprint density at radius 1 is 0.413 bits per heavy atom. The van der Waals surface area contributed by atoms with Crippen LogP contribution in [0.3, 0.4) is 0 Å². The second-order valence-corrected chi connectivity index (χ2v) is 13.6. The number of carbonyl (C=O) groups excluding carboxylic acids is 1. The fourth-order valence-corrected chi connectivity index (χ4v) is 5.19. The van der Waals surface area contributed by atoms with E-state index >= 15 is 0 Å². The van der Waals surface area contributed by atoms with Gasteiger partial charge in [0.25, 0.3) is 0 Å². The van der Waals surface area contributed by atoms with Gasteiger partial charge in [0, 0.05) is 34.6 Å². The molecule has 0 spiro atoms. The van der Waals surface area contributed by atoms with E-state index in [-0.39, 0.29) is 28.0 Å². The maximum Gasteiger partial charge on any atom is 0.368 e. The molecular formula is C38H74O7Ti. The fraction of sp³-hybridized carbons (Fsp3) is 0.895. The molecule has 46 heavy (non-hydrogen) atoms. The summed E-state index contributed by atoms with van der Waals surface area (Å²) in [6, 6.07) is 0. The van der Waals surface area contributed by atoms with Gasteiger partial charge in [-0.3, -0.25) is 14.4 Å². The van der Waals surface area contributed by atoms with Gasteiger partial charge in [-0.15, -0.1) is 0 Å². The maximum absolute atomic E-state index is 10.3. The van der Waals surface area contributed by atoms with Crippen LogP contribution >= 0.6 is 0 Å². The SMILES string of the molecule is CC(C)CCCCCCCCCCCCCCC(=O)O.CC(C)CCCCCCCCCCCCCCC(=O)O.O=CC(=O)O.[Ti]. The van der Waals surface area contributed by atoms with Gasteiger partial charge in [0.1, 0.15) is 0 Å². The van der Waals surface area contributed by atoms with Gasteiger partial charge >= 0.3 is 17.9 Å². The van der Waals surface area contributed by atoms with Gasteiger partial charge in [0.2, 0.25) is 6.29 Å². The summed E-state index contributed by atoms with van der Waals surface area (Å²) in [5.41, 5.74) is 0. The van der Waals surface area contributed by atoms with Crippen molar-refractivity contribution in [2.45, 2.75) is 207 Å². The molecule has 0 fully saturated rings. The Bertz CT molecular complexity index is 607. The van der Waals surface area contributed by atoms with Crippen LogP contribution in [0, 0.1) is 11.8 Å². The fourth-order valence-electron chi connectivity index (χ4n) is 5.19. The summed E-state index contributed by atoms with van der Waals surface area (Å²) >= 11 is 0. The molecule has 0 aliphatic heterocycles. The first-order valence-corrected chi connectivity index (χ1v) is 18.6. The number of rotatable bonds is 31. The van der Waals surface area contributed by atoms with Gasteiger partial charge in [-0.1, -0.05) is 182 Å². The number of unbranched alkanes of at least 4 members (excludes halogenated alkanes) is 22. The van der Waals surface area contributed by atoms with E-state index in [0.29, 0.717) is 12.8 Å². The molecule has 272 valence electrons. The van der Waals surface area contributed by atoms with E-state index in [1.54, 1.807) is 0 Å². The normalized spacial score (nSPS) is 10.4. The molecule has 3 N–H and O–H groups in total. The molecule has 0 saturated heterocycles. The average molecular weight is 691 g/mol. The van der Waals surface area contributed by atoms with Crippen molar-refractivity contribution in [1.82, 2.24) is 0 Å². The molecule has 8 heteroatoms. The van der Waals surface area contributed by atoms with E-state index in [1.807, 2.05) is 0 Å². The second-order valence-electron chi connectivity index (χ2n) is 13.6. The maximum atomic E-state index is 10.3. The van der Waals surface area contributed by atoms with Crippen LogP contribution in [0.1, 0.15) is 207 Å². The van der Waals surface area contributed by atoms with Gasteiger partial charge in [0.15, 0.2) is 0 Å². The zero-order valence-electron chi connectivity index (χ0n) is 30.5. The number of carboxylic acids is 3. The molecule has 0 aromatic rings. The Labute approximate surface area is 298 Å². The molecule has 0 atom stereocenters. The molecule has 0 aliphatic carbocycles. The van der Waals surface area contributed by atoms with E-state index < -0.39 is 17.9 Å². The molecule has 0 heterocycles. The Balaban J connectivity index is -0.000000327. The predicted molar refractivity (Wildman–Crippen MR) is 188 cm³/mol. The van der Waals surface area contributed by atoms with Crippen LogP contribution in [0.5, 0.6) is 0 Å². The van der Waals surface area contributed by atoms with Crippen molar-refractivity contribution >= 4 is 24.2 Å². The van der Waals surface area contributed by atoms with E-state index in [4.69, 9.17) is 24.9 Å². The van der Waals surface area contributed by atoms with Crippen molar-refractivity contribution in [3.05, 3.63) is 0 Å². The molecule has 0 amide bonds. The summed E-state index contributed by atoms with van der Waals surface area (Å²) in [4.78, 5) is 38.6. The van der Waals surface area contributed by atoms with Crippen molar-refractivity contribution in [1.29, 1.82) is 0 Å². The van der Waals surface area contributed by atoms with Crippen LogP contribution in [-0.2, 0) is 40.9 Å². The summed E-state index contributed by atoms with van der Waals surface area (Å²) in [5.74, 6) is -1.00. The summed E-state index contributed by atoms with van der Waals surface area (Å²) in [6.07, 6.45) is 34.5. The molecule has 0 unspecified atom stereocenters. The predicted octanol–water partition coefficient (Wildman–Crippen LogP) is 11.6. The van der Waals surface area contributed by atoms with Crippen LogP contribution in [-0.4, -0.2) is 39.5 Å². The quantitative estimate of drug-likeness (QED) is 0.0286. The monoisotopic (exact) mass is 690 g/mol. The Morgan fingerprint density at radius 2 is 0.587 bits per heavy atom. The van der Waals surface area contributed by atoms with Crippen LogP contribution in [0.15, 0.2) is 0 Å². The summed E-state index contributed by atoms with van der Waals surface area (Å²) in [7, 11) is 0. The Kier molecular flexibility index (Phi) is 49.1. The Morgan fingerprint density at radius 3 is 0.739 bits per heavy atom. The molecule has 0 aliphatic rings. The second kappa shape index (κ2) is 43.8. The van der Waals surface area contributed by atoms with Crippen molar-refractivity contribution in [2.75, 3.05) is 0 Å². The van der Waals surface area contributed by atoms with Gasteiger partial charge in [-0.25, -0.2) is 4.79 Å². The van der Waals surface area contributed by atoms with Gasteiger partial charge in [-0.05, 0) is 24.7 Å². The van der Waals surface area contributed by atoms with E-state index in [2.05, 4.69) is 27.7 Å². The zero-order chi connectivity index (χ0) is 34.4. The van der Waals surface area contributed by atoms with Gasteiger partial charge in [0.05, 0.1) is 0 Å². The standard InChI is InChI=1S/2C18H36O2.C2H2O3.Ti/c2*1-17(2)15-13-11-9-7-5-3-4-6-8-10-12-14-16-18(19)20;3-1-2(4)5;/h2*17H,3-16H2,1-2H3,(H,19,20);1H,(H,4,5);. The molecule has 0 saturated carbocycles. The van der Waals surface area contributed by atoms with Crippen molar-refractivity contribution in [3.8, 4) is 0 Å².